The predicted molar refractivity (Wildman–Crippen MR) is 65.8 cm³/mol. The third-order valence-electron chi connectivity index (χ3n) is 3.16. The maximum absolute atomic E-state index is 12.0. The molecule has 1 aliphatic carbocycles. The summed E-state index contributed by atoms with van der Waals surface area (Å²) in [5.41, 5.74) is 0. The first kappa shape index (κ1) is 12.7. The molecule has 1 saturated heterocycles. The van der Waals surface area contributed by atoms with Gasteiger partial charge in [0.05, 0.1) is 11.9 Å². The van der Waals surface area contributed by atoms with Gasteiger partial charge in [-0.15, -0.1) is 11.8 Å². The monoisotopic (exact) mass is 258 g/mol. The van der Waals surface area contributed by atoms with Crippen LogP contribution in [-0.4, -0.2) is 52.1 Å². The highest BCUT2D eigenvalue weighted by atomic mass is 32.2. The van der Waals surface area contributed by atoms with Crippen molar-refractivity contribution in [1.29, 1.82) is 0 Å². The number of amides is 1. The van der Waals surface area contributed by atoms with Gasteiger partial charge in [-0.2, -0.15) is 0 Å². The van der Waals surface area contributed by atoms with Gasteiger partial charge in [0.15, 0.2) is 0 Å². The molecule has 2 atom stereocenters. The van der Waals surface area contributed by atoms with Crippen LogP contribution in [-0.2, 0) is 9.59 Å². The first-order valence-corrected chi connectivity index (χ1v) is 7.06. The van der Waals surface area contributed by atoms with Gasteiger partial charge in [-0.3, -0.25) is 4.79 Å². The Balaban J connectivity index is 2.05. The third kappa shape index (κ3) is 2.74. The van der Waals surface area contributed by atoms with Crippen LogP contribution in [0.2, 0.25) is 0 Å². The molecule has 2 fully saturated rings. The maximum atomic E-state index is 12.0. The summed E-state index contributed by atoms with van der Waals surface area (Å²) >= 11 is 1.62. The number of likely N-dealkylation sites (N-methyl/N-ethyl adjacent to an activating group) is 1. The molecule has 1 aliphatic heterocycles. The van der Waals surface area contributed by atoms with Crippen LogP contribution in [0.25, 0.3) is 0 Å². The Labute approximate surface area is 105 Å². The summed E-state index contributed by atoms with van der Waals surface area (Å²) in [6.45, 7) is 2.89. The molecule has 2 N–H and O–H groups in total. The van der Waals surface area contributed by atoms with Gasteiger partial charge in [0.25, 0.3) is 0 Å². The first-order valence-electron chi connectivity index (χ1n) is 6.01. The molecule has 6 heteroatoms. The largest absolute Gasteiger partial charge is 0.480 e. The topological polar surface area (TPSA) is 69.6 Å². The van der Waals surface area contributed by atoms with Crippen molar-refractivity contribution in [3.05, 3.63) is 0 Å². The number of hydrogen-bond donors (Lipinski definition) is 2. The number of thioether (sulfide) groups is 1. The minimum absolute atomic E-state index is 0.0823. The lowest BCUT2D eigenvalue weighted by Crippen LogP contribution is -2.49. The molecule has 1 amide bonds. The third-order valence-corrected chi connectivity index (χ3v) is 4.62. The number of carbonyl (C=O) groups excluding carboxylic acids is 1. The van der Waals surface area contributed by atoms with E-state index >= 15 is 0 Å². The van der Waals surface area contributed by atoms with E-state index in [4.69, 9.17) is 5.11 Å². The molecule has 5 nitrogen and oxygen atoms in total. The number of aliphatic carboxylic acids is 1. The van der Waals surface area contributed by atoms with Gasteiger partial charge in [-0.25, -0.2) is 4.79 Å². The number of rotatable bonds is 5. The number of carbonyl (C=O) groups is 2. The van der Waals surface area contributed by atoms with E-state index in [0.717, 1.165) is 19.4 Å². The van der Waals surface area contributed by atoms with E-state index in [0.29, 0.717) is 11.7 Å². The molecule has 1 saturated carbocycles. The molecule has 2 unspecified atom stereocenters. The Morgan fingerprint density at radius 3 is 2.71 bits per heavy atom. The summed E-state index contributed by atoms with van der Waals surface area (Å²) in [4.78, 5) is 24.8. The standard InChI is InChI=1S/C11H18N2O3S/c1-2-12-5-9(14)13-8(11(15)16)6-17-10(13)7-3-4-7/h7-8,10,12H,2-6H2,1H3,(H,15,16). The van der Waals surface area contributed by atoms with Crippen molar-refractivity contribution in [3.8, 4) is 0 Å². The van der Waals surface area contributed by atoms with Crippen LogP contribution >= 0.6 is 11.8 Å². The smallest absolute Gasteiger partial charge is 0.327 e. The van der Waals surface area contributed by atoms with Gasteiger partial charge in [0, 0.05) is 5.75 Å². The van der Waals surface area contributed by atoms with E-state index in [2.05, 4.69) is 5.32 Å². The van der Waals surface area contributed by atoms with E-state index in [1.54, 1.807) is 16.7 Å². The van der Waals surface area contributed by atoms with E-state index in [1.807, 2.05) is 6.92 Å². The second-order valence-corrected chi connectivity index (χ2v) is 5.65. The van der Waals surface area contributed by atoms with Gasteiger partial charge in [-0.1, -0.05) is 6.92 Å². The second-order valence-electron chi connectivity index (χ2n) is 4.50. The van der Waals surface area contributed by atoms with Crippen LogP contribution in [0.1, 0.15) is 19.8 Å². The Morgan fingerprint density at radius 2 is 2.18 bits per heavy atom. The van der Waals surface area contributed by atoms with Crippen LogP contribution in [0.3, 0.4) is 0 Å². The van der Waals surface area contributed by atoms with E-state index in [9.17, 15) is 9.59 Å². The van der Waals surface area contributed by atoms with Crippen molar-refractivity contribution >= 4 is 23.6 Å². The van der Waals surface area contributed by atoms with Gasteiger partial charge < -0.3 is 15.3 Å². The fourth-order valence-corrected chi connectivity index (χ4v) is 3.75. The normalized spacial score (nSPS) is 28.4. The molecule has 96 valence electrons. The molecule has 0 bridgehead atoms. The van der Waals surface area contributed by atoms with E-state index < -0.39 is 12.0 Å². The van der Waals surface area contributed by atoms with E-state index in [-0.39, 0.29) is 17.8 Å². The van der Waals surface area contributed by atoms with Crippen LogP contribution < -0.4 is 5.32 Å². The predicted octanol–water partition coefficient (Wildman–Crippen LogP) is 0.361. The molecule has 1 heterocycles. The molecule has 2 rings (SSSR count). The molecular formula is C11H18N2O3S. The van der Waals surface area contributed by atoms with Crippen molar-refractivity contribution in [2.75, 3.05) is 18.8 Å². The maximum Gasteiger partial charge on any atom is 0.327 e. The van der Waals surface area contributed by atoms with E-state index in [1.165, 1.54) is 0 Å². The number of nitrogens with one attached hydrogen (secondary N) is 1. The molecule has 2 aliphatic rings. The Bertz CT molecular complexity index is 320. The number of nitrogens with zero attached hydrogens (tertiary/aromatic N) is 1. The molecule has 0 radical (unpaired) electrons. The highest BCUT2D eigenvalue weighted by Gasteiger charge is 2.47. The fraction of sp³-hybridized carbons (Fsp3) is 0.818. The fourth-order valence-electron chi connectivity index (χ4n) is 2.10. The summed E-state index contributed by atoms with van der Waals surface area (Å²) in [5, 5.41) is 12.2. The molecule has 17 heavy (non-hydrogen) atoms. The average Bonchev–Trinajstić information content (AvgIpc) is 3.04. The Hall–Kier alpha value is -0.750. The SMILES string of the molecule is CCNCC(=O)N1C(C(=O)O)CSC1C1CC1. The quantitative estimate of drug-likeness (QED) is 0.745. The van der Waals surface area contributed by atoms with Crippen molar-refractivity contribution < 1.29 is 14.7 Å². The molecule has 0 aromatic carbocycles. The number of hydrogen-bond acceptors (Lipinski definition) is 4. The zero-order chi connectivity index (χ0) is 12.4. The van der Waals surface area contributed by atoms with Gasteiger partial charge in [0.2, 0.25) is 5.91 Å². The van der Waals surface area contributed by atoms with Crippen LogP contribution in [0.4, 0.5) is 0 Å². The summed E-state index contributed by atoms with van der Waals surface area (Å²) < 4.78 is 0. The van der Waals surface area contributed by atoms with Crippen molar-refractivity contribution in [1.82, 2.24) is 10.2 Å². The van der Waals surface area contributed by atoms with Crippen LogP contribution in [0, 0.1) is 5.92 Å². The zero-order valence-corrected chi connectivity index (χ0v) is 10.7. The highest BCUT2D eigenvalue weighted by Crippen LogP contribution is 2.45. The van der Waals surface area contributed by atoms with Gasteiger partial charge in [-0.05, 0) is 25.3 Å². The number of carboxylic acid groups (broad SMARTS) is 1. The summed E-state index contributed by atoms with van der Waals surface area (Å²) in [5.74, 6) is 0.0653. The summed E-state index contributed by atoms with van der Waals surface area (Å²) in [6, 6.07) is -0.642. The van der Waals surface area contributed by atoms with Crippen LogP contribution in [0.15, 0.2) is 0 Å². The average molecular weight is 258 g/mol. The molecule has 0 aromatic rings. The lowest BCUT2D eigenvalue weighted by atomic mass is 10.2. The molecule has 0 aromatic heterocycles. The molecular weight excluding hydrogens is 240 g/mol. The zero-order valence-electron chi connectivity index (χ0n) is 9.89. The van der Waals surface area contributed by atoms with Gasteiger partial charge >= 0.3 is 5.97 Å². The number of carboxylic acids is 1. The minimum atomic E-state index is -0.884. The Kier molecular flexibility index (Phi) is 3.93. The molecule has 0 spiro atoms. The summed E-state index contributed by atoms with van der Waals surface area (Å²) in [7, 11) is 0. The summed E-state index contributed by atoms with van der Waals surface area (Å²) in [6.07, 6.45) is 2.24. The Morgan fingerprint density at radius 1 is 1.47 bits per heavy atom. The van der Waals surface area contributed by atoms with Crippen molar-refractivity contribution in [2.45, 2.75) is 31.2 Å². The van der Waals surface area contributed by atoms with Crippen LogP contribution in [0.5, 0.6) is 0 Å². The lowest BCUT2D eigenvalue weighted by Gasteiger charge is -2.27. The van der Waals surface area contributed by atoms with Crippen molar-refractivity contribution in [2.24, 2.45) is 5.92 Å². The minimum Gasteiger partial charge on any atom is -0.480 e. The van der Waals surface area contributed by atoms with Crippen molar-refractivity contribution in [3.63, 3.8) is 0 Å². The first-order chi connectivity index (χ1) is 8.15. The lowest BCUT2D eigenvalue weighted by molar-refractivity contribution is -0.148. The van der Waals surface area contributed by atoms with Gasteiger partial charge in [0.1, 0.15) is 6.04 Å². The second kappa shape index (κ2) is 5.27. The highest BCUT2D eigenvalue weighted by molar-refractivity contribution is 8.00.